The molecule has 74 valence electrons. The molecule has 4 nitrogen and oxygen atoms in total. The summed E-state index contributed by atoms with van der Waals surface area (Å²) in [6, 6.07) is 7.61. The molecule has 0 spiro atoms. The van der Waals surface area contributed by atoms with E-state index in [4.69, 9.17) is 10.2 Å². The van der Waals surface area contributed by atoms with Gasteiger partial charge in [-0.3, -0.25) is 4.40 Å². The molecule has 4 heteroatoms. The zero-order valence-electron chi connectivity index (χ0n) is 7.92. The summed E-state index contributed by atoms with van der Waals surface area (Å²) < 4.78 is 6.86. The maximum Gasteiger partial charge on any atom is 0.139 e. The summed E-state index contributed by atoms with van der Waals surface area (Å²) >= 11 is 0. The van der Waals surface area contributed by atoms with Crippen molar-refractivity contribution in [3.8, 4) is 11.3 Å². The number of nitrogen functional groups attached to an aromatic ring is 1. The lowest BCUT2D eigenvalue weighted by Crippen LogP contribution is -1.92. The van der Waals surface area contributed by atoms with Gasteiger partial charge in [0.05, 0.1) is 12.5 Å². The predicted octanol–water partition coefficient (Wildman–Crippen LogP) is 2.18. The van der Waals surface area contributed by atoms with Crippen molar-refractivity contribution in [2.45, 2.75) is 0 Å². The number of anilines is 1. The summed E-state index contributed by atoms with van der Waals surface area (Å²) in [5, 5.41) is 0. The Morgan fingerprint density at radius 1 is 1.27 bits per heavy atom. The van der Waals surface area contributed by atoms with Crippen LogP contribution in [-0.4, -0.2) is 9.38 Å². The number of hydrogen-bond donors (Lipinski definition) is 1. The molecule has 0 aliphatic carbocycles. The van der Waals surface area contributed by atoms with E-state index in [1.165, 1.54) is 0 Å². The van der Waals surface area contributed by atoms with Gasteiger partial charge in [0.25, 0.3) is 0 Å². The number of rotatable bonds is 1. The topological polar surface area (TPSA) is 56.5 Å². The third kappa shape index (κ3) is 1.11. The van der Waals surface area contributed by atoms with Gasteiger partial charge in [-0.25, -0.2) is 4.98 Å². The van der Waals surface area contributed by atoms with Crippen molar-refractivity contribution < 1.29 is 4.42 Å². The zero-order valence-corrected chi connectivity index (χ0v) is 7.92. The molecular weight excluding hydrogens is 190 g/mol. The van der Waals surface area contributed by atoms with Crippen molar-refractivity contribution in [3.63, 3.8) is 0 Å². The molecule has 0 aliphatic rings. The molecule has 15 heavy (non-hydrogen) atoms. The van der Waals surface area contributed by atoms with E-state index in [0.717, 1.165) is 16.9 Å². The van der Waals surface area contributed by atoms with Crippen LogP contribution >= 0.6 is 0 Å². The van der Waals surface area contributed by atoms with E-state index >= 15 is 0 Å². The second kappa shape index (κ2) is 2.88. The van der Waals surface area contributed by atoms with Crippen molar-refractivity contribution >= 4 is 11.5 Å². The number of furan rings is 1. The predicted molar refractivity (Wildman–Crippen MR) is 57.3 cm³/mol. The van der Waals surface area contributed by atoms with E-state index in [-0.39, 0.29) is 0 Å². The van der Waals surface area contributed by atoms with E-state index in [0.29, 0.717) is 5.82 Å². The van der Waals surface area contributed by atoms with E-state index < -0.39 is 0 Å². The molecule has 0 amide bonds. The molecule has 0 atom stereocenters. The van der Waals surface area contributed by atoms with Gasteiger partial charge in [0.1, 0.15) is 17.2 Å². The maximum absolute atomic E-state index is 5.99. The highest BCUT2D eigenvalue weighted by atomic mass is 16.3. The molecule has 3 rings (SSSR count). The van der Waals surface area contributed by atoms with Gasteiger partial charge in [0.15, 0.2) is 0 Å². The number of imidazole rings is 1. The van der Waals surface area contributed by atoms with Crippen molar-refractivity contribution in [2.75, 3.05) is 5.73 Å². The van der Waals surface area contributed by atoms with Crippen LogP contribution in [0.2, 0.25) is 0 Å². The largest absolute Gasteiger partial charge is 0.472 e. The number of nitrogens with two attached hydrogens (primary N) is 1. The Hall–Kier alpha value is -2.23. The van der Waals surface area contributed by atoms with Crippen LogP contribution in [0.4, 0.5) is 5.82 Å². The zero-order chi connectivity index (χ0) is 10.3. The fourth-order valence-corrected chi connectivity index (χ4v) is 1.63. The summed E-state index contributed by atoms with van der Waals surface area (Å²) in [5.41, 5.74) is 8.49. The second-order valence-electron chi connectivity index (χ2n) is 3.29. The molecule has 3 aromatic heterocycles. The quantitative estimate of drug-likeness (QED) is 0.653. The molecule has 0 saturated carbocycles. The van der Waals surface area contributed by atoms with Gasteiger partial charge < -0.3 is 10.2 Å². The Labute approximate surface area is 86.0 Å². The van der Waals surface area contributed by atoms with Crippen LogP contribution in [0.3, 0.4) is 0 Å². The van der Waals surface area contributed by atoms with E-state index in [2.05, 4.69) is 4.98 Å². The first-order valence-corrected chi connectivity index (χ1v) is 4.61. The first-order valence-electron chi connectivity index (χ1n) is 4.61. The highest BCUT2D eigenvalue weighted by Gasteiger charge is 2.10. The van der Waals surface area contributed by atoms with Crippen LogP contribution in [0, 0.1) is 0 Å². The molecule has 2 N–H and O–H groups in total. The monoisotopic (exact) mass is 199 g/mol. The lowest BCUT2D eigenvalue weighted by molar-refractivity contribution is 0.568. The Morgan fingerprint density at radius 2 is 2.20 bits per heavy atom. The van der Waals surface area contributed by atoms with Gasteiger partial charge in [-0.2, -0.15) is 0 Å². The lowest BCUT2D eigenvalue weighted by atomic mass is 10.2. The number of pyridine rings is 1. The summed E-state index contributed by atoms with van der Waals surface area (Å²) in [4.78, 5) is 4.43. The normalized spacial score (nSPS) is 10.9. The molecule has 0 aromatic carbocycles. The van der Waals surface area contributed by atoms with Crippen molar-refractivity contribution in [1.29, 1.82) is 0 Å². The van der Waals surface area contributed by atoms with Crippen molar-refractivity contribution in [2.24, 2.45) is 0 Å². The van der Waals surface area contributed by atoms with Crippen LogP contribution < -0.4 is 5.73 Å². The SMILES string of the molecule is Nc1c(-c2ccoc2)nc2ccccn12. The van der Waals surface area contributed by atoms with Gasteiger partial charge in [0, 0.05) is 11.8 Å². The summed E-state index contributed by atoms with van der Waals surface area (Å²) in [5.74, 6) is 0.631. The van der Waals surface area contributed by atoms with Gasteiger partial charge in [-0.1, -0.05) is 6.07 Å². The van der Waals surface area contributed by atoms with E-state index in [1.54, 1.807) is 12.5 Å². The molecule has 0 aliphatic heterocycles. The first-order chi connectivity index (χ1) is 7.36. The molecule has 3 aromatic rings. The van der Waals surface area contributed by atoms with Crippen LogP contribution in [-0.2, 0) is 0 Å². The van der Waals surface area contributed by atoms with Gasteiger partial charge >= 0.3 is 0 Å². The third-order valence-electron chi connectivity index (χ3n) is 2.36. The minimum atomic E-state index is 0.631. The summed E-state index contributed by atoms with van der Waals surface area (Å²) in [7, 11) is 0. The maximum atomic E-state index is 5.99. The van der Waals surface area contributed by atoms with Crippen molar-refractivity contribution in [1.82, 2.24) is 9.38 Å². The fraction of sp³-hybridized carbons (Fsp3) is 0. The lowest BCUT2D eigenvalue weighted by Gasteiger charge is -1.94. The average Bonchev–Trinajstić information content (AvgIpc) is 2.87. The molecule has 0 fully saturated rings. The standard InChI is InChI=1S/C11H9N3O/c12-11-10(8-4-6-15-7-8)13-9-3-1-2-5-14(9)11/h1-7H,12H2. The Morgan fingerprint density at radius 3 is 2.93 bits per heavy atom. The summed E-state index contributed by atoms with van der Waals surface area (Å²) in [6.45, 7) is 0. The van der Waals surface area contributed by atoms with Crippen LogP contribution in [0.5, 0.6) is 0 Å². The van der Waals surface area contributed by atoms with Crippen molar-refractivity contribution in [3.05, 3.63) is 43.0 Å². The molecule has 0 unspecified atom stereocenters. The number of hydrogen-bond acceptors (Lipinski definition) is 3. The molecule has 3 heterocycles. The minimum absolute atomic E-state index is 0.631. The van der Waals surface area contributed by atoms with Crippen LogP contribution in [0.15, 0.2) is 47.4 Å². The summed E-state index contributed by atoms with van der Waals surface area (Å²) in [6.07, 6.45) is 5.14. The van der Waals surface area contributed by atoms with Gasteiger partial charge in [-0.05, 0) is 18.2 Å². The van der Waals surface area contributed by atoms with Gasteiger partial charge in [0.2, 0.25) is 0 Å². The number of aromatic nitrogens is 2. The van der Waals surface area contributed by atoms with Crippen LogP contribution in [0.25, 0.3) is 16.9 Å². The van der Waals surface area contributed by atoms with Crippen LogP contribution in [0.1, 0.15) is 0 Å². The van der Waals surface area contributed by atoms with E-state index in [1.807, 2.05) is 34.9 Å². The number of fused-ring (bicyclic) bond motifs is 1. The number of nitrogens with zero attached hydrogens (tertiary/aromatic N) is 2. The fourth-order valence-electron chi connectivity index (χ4n) is 1.63. The highest BCUT2D eigenvalue weighted by Crippen LogP contribution is 2.26. The average molecular weight is 199 g/mol. The highest BCUT2D eigenvalue weighted by molar-refractivity contribution is 5.74. The minimum Gasteiger partial charge on any atom is -0.472 e. The molecular formula is C11H9N3O. The Balaban J connectivity index is 2.33. The van der Waals surface area contributed by atoms with E-state index in [9.17, 15) is 0 Å². The van der Waals surface area contributed by atoms with Gasteiger partial charge in [-0.15, -0.1) is 0 Å². The smallest absolute Gasteiger partial charge is 0.139 e. The molecule has 0 radical (unpaired) electrons. The Kier molecular flexibility index (Phi) is 1.56. The third-order valence-corrected chi connectivity index (χ3v) is 2.36. The molecule has 0 saturated heterocycles. The Bertz CT molecular complexity index is 595. The second-order valence-corrected chi connectivity index (χ2v) is 3.29. The molecule has 0 bridgehead atoms. The first kappa shape index (κ1) is 8.11.